The normalized spacial score (nSPS) is 18.6. The quantitative estimate of drug-likeness (QED) is 0.749. The summed E-state index contributed by atoms with van der Waals surface area (Å²) in [7, 11) is 0. The van der Waals surface area contributed by atoms with E-state index in [9.17, 15) is 0 Å². The average molecular weight is 342 g/mol. The van der Waals surface area contributed by atoms with E-state index in [1.165, 1.54) is 15.3 Å². The fourth-order valence-electron chi connectivity index (χ4n) is 2.63. The van der Waals surface area contributed by atoms with Crippen LogP contribution in [0.15, 0.2) is 24.3 Å². The molecule has 1 atom stereocenters. The first kappa shape index (κ1) is 15.2. The molecule has 0 saturated heterocycles. The van der Waals surface area contributed by atoms with Crippen molar-refractivity contribution in [2.24, 2.45) is 0 Å². The van der Waals surface area contributed by atoms with Gasteiger partial charge in [-0.15, -0.1) is 11.3 Å². The Morgan fingerprint density at radius 1 is 1.29 bits per heavy atom. The number of benzene rings is 1. The number of fused-ring (bicyclic) bond motifs is 1. The second kappa shape index (κ2) is 6.17. The van der Waals surface area contributed by atoms with Gasteiger partial charge in [-0.25, -0.2) is 0 Å². The largest absolute Gasteiger partial charge is 0.484 e. The van der Waals surface area contributed by atoms with Crippen molar-refractivity contribution in [1.82, 2.24) is 4.90 Å². The maximum absolute atomic E-state index is 6.18. The first-order valence-corrected chi connectivity index (χ1v) is 8.57. The van der Waals surface area contributed by atoms with Gasteiger partial charge < -0.3 is 4.74 Å². The van der Waals surface area contributed by atoms with Crippen LogP contribution in [0.1, 0.15) is 28.3 Å². The Hall–Kier alpha value is -0.740. The zero-order valence-corrected chi connectivity index (χ0v) is 14.4. The van der Waals surface area contributed by atoms with Gasteiger partial charge in [-0.2, -0.15) is 0 Å². The van der Waals surface area contributed by atoms with Crippen LogP contribution >= 0.6 is 34.5 Å². The molecule has 0 spiro atoms. The van der Waals surface area contributed by atoms with E-state index in [1.54, 1.807) is 12.1 Å². The highest BCUT2D eigenvalue weighted by Crippen LogP contribution is 2.36. The molecule has 0 saturated carbocycles. The van der Waals surface area contributed by atoms with E-state index in [4.69, 9.17) is 27.9 Å². The van der Waals surface area contributed by atoms with Gasteiger partial charge in [-0.05, 0) is 31.7 Å². The first-order valence-electron chi connectivity index (χ1n) is 7.00. The number of thiophene rings is 1. The minimum absolute atomic E-state index is 0.0518. The standard InChI is InChI=1S/C16H17Cl2NOS/c1-3-19-8-15(12-6-10(2)21-16(12)9-19)20-11-4-5-13(17)14(18)7-11/h4-7,15H,3,8-9H2,1-2H3. The molecule has 2 heterocycles. The number of nitrogens with zero attached hydrogens (tertiary/aromatic N) is 1. The molecular weight excluding hydrogens is 325 g/mol. The molecule has 1 aliphatic rings. The molecular formula is C16H17Cl2NOS. The molecule has 2 aromatic rings. The molecule has 1 aromatic carbocycles. The van der Waals surface area contributed by atoms with Crippen LogP contribution in [0, 0.1) is 6.92 Å². The van der Waals surface area contributed by atoms with Gasteiger partial charge in [0.15, 0.2) is 0 Å². The third-order valence-corrected chi connectivity index (χ3v) is 5.51. The number of likely N-dealkylation sites (N-methyl/N-ethyl adjacent to an activating group) is 1. The second-order valence-corrected chi connectivity index (χ2v) is 7.40. The summed E-state index contributed by atoms with van der Waals surface area (Å²) in [4.78, 5) is 5.15. The molecule has 1 aromatic heterocycles. The van der Waals surface area contributed by atoms with Crippen molar-refractivity contribution in [3.05, 3.63) is 49.6 Å². The molecule has 1 unspecified atom stereocenters. The summed E-state index contributed by atoms with van der Waals surface area (Å²) in [5.74, 6) is 0.766. The van der Waals surface area contributed by atoms with Gasteiger partial charge in [0.25, 0.3) is 0 Å². The van der Waals surface area contributed by atoms with E-state index in [-0.39, 0.29) is 6.10 Å². The average Bonchev–Trinajstić information content (AvgIpc) is 2.83. The zero-order chi connectivity index (χ0) is 15.0. The molecule has 1 aliphatic heterocycles. The van der Waals surface area contributed by atoms with Crippen LogP contribution in [-0.4, -0.2) is 18.0 Å². The number of ether oxygens (including phenoxy) is 1. The number of hydrogen-bond acceptors (Lipinski definition) is 3. The van der Waals surface area contributed by atoms with E-state index in [0.717, 1.165) is 25.4 Å². The summed E-state index contributed by atoms with van der Waals surface area (Å²) in [6.07, 6.45) is 0.0518. The van der Waals surface area contributed by atoms with Gasteiger partial charge in [-0.3, -0.25) is 4.90 Å². The van der Waals surface area contributed by atoms with Gasteiger partial charge in [0.05, 0.1) is 10.0 Å². The van der Waals surface area contributed by atoms with Crippen molar-refractivity contribution in [3.8, 4) is 5.75 Å². The summed E-state index contributed by atoms with van der Waals surface area (Å²) in [6.45, 7) is 7.28. The number of halogens is 2. The van der Waals surface area contributed by atoms with E-state index >= 15 is 0 Å². The van der Waals surface area contributed by atoms with Crippen molar-refractivity contribution in [1.29, 1.82) is 0 Å². The molecule has 5 heteroatoms. The van der Waals surface area contributed by atoms with E-state index in [0.29, 0.717) is 10.0 Å². The molecule has 112 valence electrons. The number of hydrogen-bond donors (Lipinski definition) is 0. The van der Waals surface area contributed by atoms with Crippen molar-refractivity contribution < 1.29 is 4.74 Å². The summed E-state index contributed by atoms with van der Waals surface area (Å²) in [5, 5.41) is 1.08. The molecule has 2 nitrogen and oxygen atoms in total. The highest BCUT2D eigenvalue weighted by molar-refractivity contribution is 7.12. The highest BCUT2D eigenvalue weighted by atomic mass is 35.5. The predicted octanol–water partition coefficient (Wildman–Crippen LogP) is 5.32. The van der Waals surface area contributed by atoms with Crippen LogP contribution in [0.25, 0.3) is 0 Å². The summed E-state index contributed by atoms with van der Waals surface area (Å²) < 4.78 is 6.18. The van der Waals surface area contributed by atoms with Crippen LogP contribution in [0.5, 0.6) is 5.75 Å². The predicted molar refractivity (Wildman–Crippen MR) is 89.8 cm³/mol. The second-order valence-electron chi connectivity index (χ2n) is 5.25. The van der Waals surface area contributed by atoms with Crippen LogP contribution in [0.3, 0.4) is 0 Å². The Morgan fingerprint density at radius 3 is 2.81 bits per heavy atom. The maximum atomic E-state index is 6.18. The Labute approximate surface area is 139 Å². The molecule has 0 bridgehead atoms. The number of aryl methyl sites for hydroxylation is 1. The van der Waals surface area contributed by atoms with Crippen molar-refractivity contribution in [2.45, 2.75) is 26.5 Å². The number of rotatable bonds is 3. The molecule has 3 rings (SSSR count). The first-order chi connectivity index (χ1) is 10.1. The smallest absolute Gasteiger partial charge is 0.137 e. The van der Waals surface area contributed by atoms with Crippen molar-refractivity contribution in [3.63, 3.8) is 0 Å². The zero-order valence-electron chi connectivity index (χ0n) is 12.0. The van der Waals surface area contributed by atoms with Crippen molar-refractivity contribution >= 4 is 34.5 Å². The lowest BCUT2D eigenvalue weighted by atomic mass is 10.0. The Bertz CT molecular complexity index is 656. The van der Waals surface area contributed by atoms with E-state index in [2.05, 4.69) is 24.8 Å². The Kier molecular flexibility index (Phi) is 4.46. The van der Waals surface area contributed by atoms with E-state index in [1.807, 2.05) is 17.4 Å². The fourth-order valence-corrected chi connectivity index (χ4v) is 4.05. The molecule has 0 radical (unpaired) electrons. The lowest BCUT2D eigenvalue weighted by Gasteiger charge is -2.32. The molecule has 0 aliphatic carbocycles. The summed E-state index contributed by atoms with van der Waals surface area (Å²) in [6, 6.07) is 7.68. The van der Waals surface area contributed by atoms with Crippen LogP contribution in [-0.2, 0) is 6.54 Å². The fraction of sp³-hybridized carbons (Fsp3) is 0.375. The van der Waals surface area contributed by atoms with Crippen molar-refractivity contribution in [2.75, 3.05) is 13.1 Å². The van der Waals surface area contributed by atoms with Gasteiger partial charge >= 0.3 is 0 Å². The lowest BCUT2D eigenvalue weighted by molar-refractivity contribution is 0.117. The maximum Gasteiger partial charge on any atom is 0.137 e. The minimum atomic E-state index is 0.0518. The summed E-state index contributed by atoms with van der Waals surface area (Å²) in [5.41, 5.74) is 1.31. The molecule has 0 N–H and O–H groups in total. The molecule has 0 fully saturated rings. The van der Waals surface area contributed by atoms with Gasteiger partial charge in [0.2, 0.25) is 0 Å². The molecule has 0 amide bonds. The SMILES string of the molecule is CCN1Cc2sc(C)cc2C(Oc2ccc(Cl)c(Cl)c2)C1. The lowest BCUT2D eigenvalue weighted by Crippen LogP contribution is -2.34. The topological polar surface area (TPSA) is 12.5 Å². The van der Waals surface area contributed by atoms with Crippen LogP contribution in [0.2, 0.25) is 10.0 Å². The Balaban J connectivity index is 1.88. The molecule has 21 heavy (non-hydrogen) atoms. The van der Waals surface area contributed by atoms with Gasteiger partial charge in [-0.1, -0.05) is 30.1 Å². The van der Waals surface area contributed by atoms with Gasteiger partial charge in [0.1, 0.15) is 11.9 Å². The highest BCUT2D eigenvalue weighted by Gasteiger charge is 2.28. The third-order valence-electron chi connectivity index (χ3n) is 3.72. The van der Waals surface area contributed by atoms with Crippen LogP contribution < -0.4 is 4.74 Å². The van der Waals surface area contributed by atoms with Gasteiger partial charge in [0, 0.05) is 34.5 Å². The monoisotopic (exact) mass is 341 g/mol. The summed E-state index contributed by atoms with van der Waals surface area (Å²) >= 11 is 13.9. The van der Waals surface area contributed by atoms with E-state index < -0.39 is 0 Å². The minimum Gasteiger partial charge on any atom is -0.484 e. The third kappa shape index (κ3) is 3.21. The van der Waals surface area contributed by atoms with Crippen LogP contribution in [0.4, 0.5) is 0 Å². The Morgan fingerprint density at radius 2 is 2.10 bits per heavy atom.